The molecule has 0 aliphatic carbocycles. The Hall–Kier alpha value is -1.10. The van der Waals surface area contributed by atoms with E-state index in [1.54, 1.807) is 0 Å². The van der Waals surface area contributed by atoms with E-state index >= 15 is 0 Å². The molecule has 0 unspecified atom stereocenters. The lowest BCUT2D eigenvalue weighted by molar-refractivity contribution is -0.141. The zero-order valence-electron chi connectivity index (χ0n) is 7.75. The van der Waals surface area contributed by atoms with E-state index in [2.05, 4.69) is 5.32 Å². The lowest BCUT2D eigenvalue weighted by Crippen LogP contribution is -2.38. The Morgan fingerprint density at radius 1 is 1.46 bits per heavy atom. The van der Waals surface area contributed by atoms with Gasteiger partial charge in [-0.25, -0.2) is 0 Å². The monoisotopic (exact) mass is 188 g/mol. The van der Waals surface area contributed by atoms with Gasteiger partial charge in [0.25, 0.3) is 0 Å². The zero-order valence-corrected chi connectivity index (χ0v) is 7.75. The van der Waals surface area contributed by atoms with E-state index in [-0.39, 0.29) is 5.91 Å². The van der Waals surface area contributed by atoms with Gasteiger partial charge in [-0.3, -0.25) is 9.59 Å². The van der Waals surface area contributed by atoms with Crippen LogP contribution in [0.1, 0.15) is 26.2 Å². The van der Waals surface area contributed by atoms with E-state index in [4.69, 9.17) is 10.8 Å². The summed E-state index contributed by atoms with van der Waals surface area (Å²) in [6.07, 6.45) is 1.83. The number of carbonyl (C=O) groups excluding carboxylic acids is 1. The van der Waals surface area contributed by atoms with Crippen LogP contribution in [-0.4, -0.2) is 29.6 Å². The van der Waals surface area contributed by atoms with Crippen molar-refractivity contribution >= 4 is 11.9 Å². The Balaban J connectivity index is 3.56. The number of unbranched alkanes of at least 4 members (excludes halogenated alkanes) is 1. The Labute approximate surface area is 77.3 Å². The van der Waals surface area contributed by atoms with Gasteiger partial charge >= 0.3 is 5.97 Å². The van der Waals surface area contributed by atoms with Gasteiger partial charge in [0.15, 0.2) is 0 Å². The molecule has 0 heterocycles. The minimum atomic E-state index is -1.02. The average molecular weight is 188 g/mol. The third kappa shape index (κ3) is 6.10. The second-order valence-electron chi connectivity index (χ2n) is 2.87. The van der Waals surface area contributed by atoms with Crippen LogP contribution in [0.15, 0.2) is 0 Å². The van der Waals surface area contributed by atoms with Gasteiger partial charge in [0, 0.05) is 6.42 Å². The van der Waals surface area contributed by atoms with Crippen molar-refractivity contribution in [3.05, 3.63) is 0 Å². The van der Waals surface area contributed by atoms with E-state index in [1.807, 2.05) is 0 Å². The summed E-state index contributed by atoms with van der Waals surface area (Å²) in [6.45, 7) is 1.99. The third-order valence-corrected chi connectivity index (χ3v) is 1.61. The molecule has 0 bridgehead atoms. The molecular formula is C8H16N2O3. The van der Waals surface area contributed by atoms with Crippen molar-refractivity contribution in [3.63, 3.8) is 0 Å². The minimum Gasteiger partial charge on any atom is -0.480 e. The molecule has 1 atom stereocenters. The van der Waals surface area contributed by atoms with Gasteiger partial charge < -0.3 is 16.2 Å². The van der Waals surface area contributed by atoms with E-state index in [1.165, 1.54) is 6.92 Å². The second-order valence-corrected chi connectivity index (χ2v) is 2.87. The summed E-state index contributed by atoms with van der Waals surface area (Å²) in [5, 5.41) is 10.8. The summed E-state index contributed by atoms with van der Waals surface area (Å²) in [7, 11) is 0. The van der Waals surface area contributed by atoms with Crippen molar-refractivity contribution in [2.24, 2.45) is 5.73 Å². The number of carboxylic acid groups (broad SMARTS) is 1. The largest absolute Gasteiger partial charge is 0.480 e. The number of amides is 1. The molecule has 4 N–H and O–H groups in total. The third-order valence-electron chi connectivity index (χ3n) is 1.61. The minimum absolute atomic E-state index is 0.233. The molecular weight excluding hydrogens is 172 g/mol. The molecule has 0 aliphatic rings. The first-order chi connectivity index (χ1) is 6.07. The summed E-state index contributed by atoms with van der Waals surface area (Å²) in [4.78, 5) is 21.3. The Morgan fingerprint density at radius 3 is 2.54 bits per heavy atom. The molecule has 0 aromatic carbocycles. The molecule has 0 rings (SSSR count). The number of hydrogen-bond acceptors (Lipinski definition) is 3. The molecule has 13 heavy (non-hydrogen) atoms. The van der Waals surface area contributed by atoms with Crippen LogP contribution in [0.5, 0.6) is 0 Å². The Bertz CT molecular complexity index is 182. The fourth-order valence-electron chi connectivity index (χ4n) is 0.805. The first-order valence-electron chi connectivity index (χ1n) is 4.30. The van der Waals surface area contributed by atoms with E-state index in [9.17, 15) is 9.59 Å². The summed E-state index contributed by atoms with van der Waals surface area (Å²) >= 11 is 0. The first kappa shape index (κ1) is 11.9. The molecule has 0 aromatic heterocycles. The van der Waals surface area contributed by atoms with Crippen LogP contribution < -0.4 is 11.1 Å². The topological polar surface area (TPSA) is 92.4 Å². The maximum absolute atomic E-state index is 11.0. The lowest BCUT2D eigenvalue weighted by Gasteiger charge is -2.08. The highest BCUT2D eigenvalue weighted by Gasteiger charge is 2.12. The molecule has 5 heteroatoms. The molecule has 0 radical (unpaired) electrons. The second kappa shape index (κ2) is 6.42. The van der Waals surface area contributed by atoms with Crippen LogP contribution in [0.3, 0.4) is 0 Å². The van der Waals surface area contributed by atoms with Crippen molar-refractivity contribution in [1.82, 2.24) is 5.32 Å². The molecule has 0 aromatic rings. The highest BCUT2D eigenvalue weighted by atomic mass is 16.4. The van der Waals surface area contributed by atoms with Crippen LogP contribution in [-0.2, 0) is 9.59 Å². The molecule has 1 amide bonds. The normalized spacial score (nSPS) is 12.2. The first-order valence-corrected chi connectivity index (χ1v) is 4.30. The zero-order chi connectivity index (χ0) is 10.3. The lowest BCUT2D eigenvalue weighted by atomic mass is 10.2. The van der Waals surface area contributed by atoms with Gasteiger partial charge in [-0.2, -0.15) is 0 Å². The van der Waals surface area contributed by atoms with Crippen LogP contribution in [0.2, 0.25) is 0 Å². The highest BCUT2D eigenvalue weighted by Crippen LogP contribution is 1.94. The maximum atomic E-state index is 11.0. The maximum Gasteiger partial charge on any atom is 0.325 e. The van der Waals surface area contributed by atoms with Gasteiger partial charge in [-0.1, -0.05) is 0 Å². The van der Waals surface area contributed by atoms with Crippen molar-refractivity contribution in [1.29, 1.82) is 0 Å². The molecule has 5 nitrogen and oxygen atoms in total. The predicted molar refractivity (Wildman–Crippen MR) is 48.1 cm³/mol. The Kier molecular flexibility index (Phi) is 5.88. The SMILES string of the molecule is C[C@@H](NC(=O)CCCCN)C(=O)O. The summed E-state index contributed by atoms with van der Waals surface area (Å²) in [5.74, 6) is -1.25. The molecule has 0 saturated carbocycles. The number of carbonyl (C=O) groups is 2. The van der Waals surface area contributed by atoms with E-state index < -0.39 is 12.0 Å². The predicted octanol–water partition coefficient (Wildman–Crippen LogP) is -0.295. The van der Waals surface area contributed by atoms with Gasteiger partial charge in [-0.15, -0.1) is 0 Å². The van der Waals surface area contributed by atoms with Gasteiger partial charge in [0.05, 0.1) is 0 Å². The molecule has 0 spiro atoms. The van der Waals surface area contributed by atoms with E-state index in [0.29, 0.717) is 19.4 Å². The number of aliphatic carboxylic acids is 1. The standard InChI is InChI=1S/C8H16N2O3/c1-6(8(12)13)10-7(11)4-2-3-5-9/h6H,2-5,9H2,1H3,(H,10,11)(H,12,13)/t6-/m1/s1. The Morgan fingerprint density at radius 2 is 2.08 bits per heavy atom. The number of nitrogens with two attached hydrogens (primary N) is 1. The highest BCUT2D eigenvalue weighted by molar-refractivity contribution is 5.83. The van der Waals surface area contributed by atoms with Crippen LogP contribution in [0.25, 0.3) is 0 Å². The quantitative estimate of drug-likeness (QED) is 0.499. The molecule has 76 valence electrons. The number of carboxylic acids is 1. The summed E-state index contributed by atoms with van der Waals surface area (Å²) in [5.41, 5.74) is 5.24. The summed E-state index contributed by atoms with van der Waals surface area (Å²) in [6, 6.07) is -0.814. The summed E-state index contributed by atoms with van der Waals surface area (Å²) < 4.78 is 0. The number of hydrogen-bond donors (Lipinski definition) is 3. The van der Waals surface area contributed by atoms with Gasteiger partial charge in [-0.05, 0) is 26.3 Å². The van der Waals surface area contributed by atoms with E-state index in [0.717, 1.165) is 6.42 Å². The molecule has 0 aliphatic heterocycles. The molecule has 0 fully saturated rings. The van der Waals surface area contributed by atoms with Crippen LogP contribution in [0.4, 0.5) is 0 Å². The smallest absolute Gasteiger partial charge is 0.325 e. The fourth-order valence-corrected chi connectivity index (χ4v) is 0.805. The number of nitrogens with one attached hydrogen (secondary N) is 1. The van der Waals surface area contributed by atoms with Crippen molar-refractivity contribution in [2.75, 3.05) is 6.54 Å². The number of rotatable bonds is 6. The molecule has 0 saturated heterocycles. The van der Waals surface area contributed by atoms with Gasteiger partial charge in [0.2, 0.25) is 5.91 Å². The van der Waals surface area contributed by atoms with Crippen molar-refractivity contribution in [2.45, 2.75) is 32.2 Å². The average Bonchev–Trinajstić information content (AvgIpc) is 2.04. The van der Waals surface area contributed by atoms with Crippen molar-refractivity contribution in [3.8, 4) is 0 Å². The van der Waals surface area contributed by atoms with Crippen LogP contribution >= 0.6 is 0 Å². The fraction of sp³-hybridized carbons (Fsp3) is 0.750. The van der Waals surface area contributed by atoms with Crippen molar-refractivity contribution < 1.29 is 14.7 Å². The van der Waals surface area contributed by atoms with Gasteiger partial charge in [0.1, 0.15) is 6.04 Å². The van der Waals surface area contributed by atoms with Crippen LogP contribution in [0, 0.1) is 0 Å².